The van der Waals surface area contributed by atoms with Gasteiger partial charge in [-0.05, 0) is 143 Å². The molecule has 2 aliphatic carbocycles. The Morgan fingerprint density at radius 2 is 0.956 bits per heavy atom. The van der Waals surface area contributed by atoms with Gasteiger partial charge in [0, 0.05) is 42.6 Å². The fourth-order valence-corrected chi connectivity index (χ4v) is 13.1. The van der Waals surface area contributed by atoms with Gasteiger partial charge in [0.05, 0.1) is 5.41 Å². The first kappa shape index (κ1) is 42.4. The normalized spacial score (nSPS) is 14.4. The Morgan fingerprint density at radius 3 is 1.62 bits per heavy atom. The van der Waals surface area contributed by atoms with Crippen molar-refractivity contribution in [2.45, 2.75) is 77.0 Å². The smallest absolute Gasteiger partial charge is 0.0714 e. The molecule has 0 aliphatic heterocycles. The second-order valence-corrected chi connectivity index (χ2v) is 22.8. The van der Waals surface area contributed by atoms with Gasteiger partial charge in [0.25, 0.3) is 0 Å². The Balaban J connectivity index is 1.05. The predicted molar refractivity (Wildman–Crippen MR) is 292 cm³/mol. The summed E-state index contributed by atoms with van der Waals surface area (Å²) in [6.07, 6.45) is 0. The Morgan fingerprint density at radius 1 is 0.397 bits per heavy atom. The molecule has 0 radical (unpaired) electrons. The average Bonchev–Trinajstić information content (AvgIpc) is 3.94. The van der Waals surface area contributed by atoms with Gasteiger partial charge in [-0.3, -0.25) is 0 Å². The molecule has 1 nitrogen and oxygen atoms in total. The van der Waals surface area contributed by atoms with Crippen LogP contribution in [0.25, 0.3) is 53.6 Å². The molecule has 0 unspecified atom stereocenters. The molecule has 332 valence electrons. The van der Waals surface area contributed by atoms with E-state index < -0.39 is 5.41 Å². The lowest BCUT2D eigenvalue weighted by molar-refractivity contribution is 0.573. The maximum Gasteiger partial charge on any atom is 0.0714 e. The summed E-state index contributed by atoms with van der Waals surface area (Å²) in [4.78, 5) is 2.48. The van der Waals surface area contributed by atoms with Crippen LogP contribution in [-0.4, -0.2) is 0 Å². The summed E-state index contributed by atoms with van der Waals surface area (Å²) in [5.41, 5.74) is 21.2. The molecule has 2 aliphatic rings. The SMILES string of the molecule is CC(C)(C)c1cc(C(C)(C)C)c2sc3cc4c(cc3c2c1)C(C)(C)c1cc(N(c2ccc(-c3ccccc3)cc2)c2cccc(C3(c5ccccc5)c5ccccc5-c5ccccc53)c2)ccc1-4. The second kappa shape index (κ2) is 15.3. The molecule has 0 bridgehead atoms. The van der Waals surface area contributed by atoms with Crippen LogP contribution in [0.3, 0.4) is 0 Å². The van der Waals surface area contributed by atoms with Gasteiger partial charge >= 0.3 is 0 Å². The van der Waals surface area contributed by atoms with E-state index in [0.717, 1.165) is 17.1 Å². The summed E-state index contributed by atoms with van der Waals surface area (Å²) in [7, 11) is 0. The number of rotatable bonds is 6. The highest BCUT2D eigenvalue weighted by Crippen LogP contribution is 2.58. The van der Waals surface area contributed by atoms with Gasteiger partial charge < -0.3 is 4.90 Å². The summed E-state index contributed by atoms with van der Waals surface area (Å²) in [6, 6.07) is 75.7. The maximum absolute atomic E-state index is 2.55. The van der Waals surface area contributed by atoms with E-state index >= 15 is 0 Å². The molecule has 0 saturated carbocycles. The highest BCUT2D eigenvalue weighted by molar-refractivity contribution is 7.26. The quantitative estimate of drug-likeness (QED) is 0.161. The van der Waals surface area contributed by atoms with Crippen molar-refractivity contribution in [2.75, 3.05) is 4.90 Å². The zero-order valence-electron chi connectivity index (χ0n) is 40.4. The van der Waals surface area contributed by atoms with E-state index in [1.165, 1.54) is 98.1 Å². The zero-order chi connectivity index (χ0) is 46.7. The fourth-order valence-electron chi connectivity index (χ4n) is 11.7. The zero-order valence-corrected chi connectivity index (χ0v) is 41.2. The lowest BCUT2D eigenvalue weighted by Crippen LogP contribution is -2.28. The van der Waals surface area contributed by atoms with E-state index in [2.05, 4.69) is 260 Å². The van der Waals surface area contributed by atoms with Gasteiger partial charge in [0.1, 0.15) is 0 Å². The summed E-state index contributed by atoms with van der Waals surface area (Å²) in [5.74, 6) is 0. The monoisotopic (exact) mass is 895 g/mol. The first-order valence-electron chi connectivity index (χ1n) is 24.2. The van der Waals surface area contributed by atoms with Crippen molar-refractivity contribution in [1.82, 2.24) is 0 Å². The van der Waals surface area contributed by atoms with Crippen LogP contribution in [-0.2, 0) is 21.7 Å². The van der Waals surface area contributed by atoms with E-state index in [1.54, 1.807) is 0 Å². The number of hydrogen-bond donors (Lipinski definition) is 0. The number of thiophene rings is 1. The van der Waals surface area contributed by atoms with E-state index in [0.29, 0.717) is 0 Å². The highest BCUT2D eigenvalue weighted by Gasteiger charge is 2.46. The summed E-state index contributed by atoms with van der Waals surface area (Å²) in [5, 5.41) is 2.77. The summed E-state index contributed by atoms with van der Waals surface area (Å²) in [6.45, 7) is 19.0. The molecule has 0 N–H and O–H groups in total. The van der Waals surface area contributed by atoms with Crippen LogP contribution in [0.4, 0.5) is 17.1 Å². The van der Waals surface area contributed by atoms with E-state index in [1.807, 2.05) is 11.3 Å². The number of hydrogen-bond acceptors (Lipinski definition) is 2. The van der Waals surface area contributed by atoms with Crippen molar-refractivity contribution >= 4 is 48.6 Å². The molecular weight excluding hydrogens is 839 g/mol. The molecule has 68 heavy (non-hydrogen) atoms. The van der Waals surface area contributed by atoms with Crippen molar-refractivity contribution in [2.24, 2.45) is 0 Å². The van der Waals surface area contributed by atoms with E-state index in [9.17, 15) is 0 Å². The highest BCUT2D eigenvalue weighted by atomic mass is 32.1. The van der Waals surface area contributed by atoms with Crippen LogP contribution in [0.15, 0.2) is 200 Å². The van der Waals surface area contributed by atoms with Crippen LogP contribution < -0.4 is 4.90 Å². The van der Waals surface area contributed by atoms with Crippen molar-refractivity contribution in [3.63, 3.8) is 0 Å². The van der Waals surface area contributed by atoms with Crippen molar-refractivity contribution < 1.29 is 0 Å². The standard InChI is InChI=1S/C66H57NS/c1-63(2,3)46-37-55-54-40-59-53(41-61(54)68-62(55)60(38-46)64(4,5)6)52-35-34-49(39-58(52)65(59,7)8)67(47-32-30-43(31-33-47)42-20-11-9-12-21-42)48-25-19-24-45(36-48)66(44-22-13-10-14-23-44)56-28-17-15-26-50(56)51-27-16-18-29-57(51)66/h9-41H,1-8H3. The van der Waals surface area contributed by atoms with Crippen molar-refractivity contribution in [3.8, 4) is 33.4 Å². The Hall–Kier alpha value is -7.00. The topological polar surface area (TPSA) is 3.24 Å². The Bertz CT molecular complexity index is 3550. The number of anilines is 3. The second-order valence-electron chi connectivity index (χ2n) is 21.8. The number of nitrogens with zero attached hydrogens (tertiary/aromatic N) is 1. The lowest BCUT2D eigenvalue weighted by Gasteiger charge is -2.35. The van der Waals surface area contributed by atoms with Gasteiger partial charge in [-0.2, -0.15) is 0 Å². The van der Waals surface area contributed by atoms with Gasteiger partial charge in [0.15, 0.2) is 0 Å². The van der Waals surface area contributed by atoms with Gasteiger partial charge in [-0.15, -0.1) is 11.3 Å². The molecule has 12 rings (SSSR count). The van der Waals surface area contributed by atoms with Crippen molar-refractivity contribution in [1.29, 1.82) is 0 Å². The minimum Gasteiger partial charge on any atom is -0.310 e. The third-order valence-corrected chi connectivity index (χ3v) is 16.4. The van der Waals surface area contributed by atoms with Gasteiger partial charge in [0.2, 0.25) is 0 Å². The lowest BCUT2D eigenvalue weighted by atomic mass is 9.67. The van der Waals surface area contributed by atoms with Crippen LogP contribution in [0.5, 0.6) is 0 Å². The molecule has 1 heterocycles. The van der Waals surface area contributed by atoms with Crippen LogP contribution in [0.2, 0.25) is 0 Å². The van der Waals surface area contributed by atoms with Crippen molar-refractivity contribution in [3.05, 3.63) is 245 Å². The molecule has 9 aromatic carbocycles. The summed E-state index contributed by atoms with van der Waals surface area (Å²) < 4.78 is 2.79. The molecule has 2 heteroatoms. The van der Waals surface area contributed by atoms with E-state index in [4.69, 9.17) is 0 Å². The first-order valence-corrected chi connectivity index (χ1v) is 25.1. The molecule has 10 aromatic rings. The Kier molecular flexibility index (Phi) is 9.50. The fraction of sp³-hybridized carbons (Fsp3) is 0.182. The average molecular weight is 896 g/mol. The molecule has 1 aromatic heterocycles. The third kappa shape index (κ3) is 6.41. The molecule has 0 atom stereocenters. The molecular formula is C66H57NS. The predicted octanol–water partition coefficient (Wildman–Crippen LogP) is 18.5. The largest absolute Gasteiger partial charge is 0.310 e. The minimum atomic E-state index is -0.507. The van der Waals surface area contributed by atoms with Crippen LogP contribution in [0, 0.1) is 0 Å². The number of benzene rings is 9. The van der Waals surface area contributed by atoms with Gasteiger partial charge in [-0.1, -0.05) is 201 Å². The van der Waals surface area contributed by atoms with E-state index in [-0.39, 0.29) is 16.2 Å². The first-order chi connectivity index (χ1) is 32.7. The third-order valence-electron chi connectivity index (χ3n) is 15.2. The summed E-state index contributed by atoms with van der Waals surface area (Å²) >= 11 is 1.97. The molecule has 0 fully saturated rings. The minimum absolute atomic E-state index is 0.0346. The van der Waals surface area contributed by atoms with Gasteiger partial charge in [-0.25, -0.2) is 0 Å². The molecule has 0 spiro atoms. The molecule has 0 saturated heterocycles. The maximum atomic E-state index is 2.55. The molecule has 0 amide bonds. The van der Waals surface area contributed by atoms with Crippen LogP contribution >= 0.6 is 11.3 Å². The Labute approximate surface area is 406 Å². The van der Waals surface area contributed by atoms with Crippen LogP contribution in [0.1, 0.15) is 99.9 Å². The number of fused-ring (bicyclic) bond motifs is 9.